The number of halogens is 2. The highest BCUT2D eigenvalue weighted by Gasteiger charge is 2.18. The molecule has 0 amide bonds. The van der Waals surface area contributed by atoms with Crippen molar-refractivity contribution in [2.75, 3.05) is 31.2 Å². The standard InChI is InChI=1S/C17H19Cl2N7/c1-25-4-2-3-10(8-25)23-15-7-16(22-9-21-15)26-14-6-12(19)11(18)5-13(14)24-17(26)20/h5-7,9-10H,2-4,8H2,1H3,(H2,20,24)(H,21,22,23). The summed E-state index contributed by atoms with van der Waals surface area (Å²) >= 11 is 12.2. The molecule has 0 spiro atoms. The molecule has 0 aliphatic carbocycles. The zero-order chi connectivity index (χ0) is 18.3. The van der Waals surface area contributed by atoms with Gasteiger partial charge in [-0.15, -0.1) is 0 Å². The van der Waals surface area contributed by atoms with Crippen LogP contribution in [-0.4, -0.2) is 50.6 Å². The van der Waals surface area contributed by atoms with Gasteiger partial charge in [-0.2, -0.15) is 0 Å². The van der Waals surface area contributed by atoms with E-state index >= 15 is 0 Å². The lowest BCUT2D eigenvalue weighted by Gasteiger charge is -2.30. The number of hydrogen-bond acceptors (Lipinski definition) is 6. The van der Waals surface area contributed by atoms with Crippen molar-refractivity contribution in [2.24, 2.45) is 0 Å². The summed E-state index contributed by atoms with van der Waals surface area (Å²) in [7, 11) is 2.13. The molecule has 3 aromatic rings. The SMILES string of the molecule is CN1CCCC(Nc2cc(-n3c(N)nc4cc(Cl)c(Cl)cc43)ncn2)C1. The molecule has 1 aromatic carbocycles. The van der Waals surface area contributed by atoms with Crippen molar-refractivity contribution in [3.63, 3.8) is 0 Å². The predicted octanol–water partition coefficient (Wildman–Crippen LogP) is 3.21. The van der Waals surface area contributed by atoms with Crippen molar-refractivity contribution >= 4 is 46.0 Å². The van der Waals surface area contributed by atoms with Crippen molar-refractivity contribution < 1.29 is 0 Å². The van der Waals surface area contributed by atoms with Crippen LogP contribution in [0.15, 0.2) is 24.5 Å². The first kappa shape index (κ1) is 17.3. The average Bonchev–Trinajstić information content (AvgIpc) is 2.90. The van der Waals surface area contributed by atoms with Gasteiger partial charge in [-0.25, -0.2) is 15.0 Å². The van der Waals surface area contributed by atoms with Crippen LogP contribution >= 0.6 is 23.2 Å². The molecule has 4 rings (SSSR count). The van der Waals surface area contributed by atoms with E-state index in [1.165, 1.54) is 12.7 Å². The molecule has 1 atom stereocenters. The van der Waals surface area contributed by atoms with Gasteiger partial charge in [0.2, 0.25) is 5.95 Å². The van der Waals surface area contributed by atoms with Gasteiger partial charge in [-0.3, -0.25) is 4.57 Å². The molecule has 136 valence electrons. The minimum Gasteiger partial charge on any atom is -0.369 e. The van der Waals surface area contributed by atoms with Crippen molar-refractivity contribution in [1.82, 2.24) is 24.4 Å². The molecular formula is C17H19Cl2N7. The summed E-state index contributed by atoms with van der Waals surface area (Å²) in [5.41, 5.74) is 7.53. The number of rotatable bonds is 3. The molecule has 7 nitrogen and oxygen atoms in total. The summed E-state index contributed by atoms with van der Waals surface area (Å²) < 4.78 is 1.75. The van der Waals surface area contributed by atoms with E-state index in [1.807, 2.05) is 6.07 Å². The zero-order valence-corrected chi connectivity index (χ0v) is 15.8. The molecule has 0 radical (unpaired) electrons. The van der Waals surface area contributed by atoms with Gasteiger partial charge in [-0.05, 0) is 38.6 Å². The van der Waals surface area contributed by atoms with Crippen LogP contribution in [0.2, 0.25) is 10.0 Å². The molecule has 0 bridgehead atoms. The van der Waals surface area contributed by atoms with E-state index in [-0.39, 0.29) is 0 Å². The first-order valence-electron chi connectivity index (χ1n) is 8.42. The Hall–Kier alpha value is -2.09. The van der Waals surface area contributed by atoms with Gasteiger partial charge >= 0.3 is 0 Å². The highest BCUT2D eigenvalue weighted by atomic mass is 35.5. The Morgan fingerprint density at radius 3 is 2.81 bits per heavy atom. The van der Waals surface area contributed by atoms with Gasteiger partial charge in [0.15, 0.2) is 0 Å². The van der Waals surface area contributed by atoms with Crippen LogP contribution in [-0.2, 0) is 0 Å². The number of benzene rings is 1. The zero-order valence-electron chi connectivity index (χ0n) is 14.3. The lowest BCUT2D eigenvalue weighted by Crippen LogP contribution is -2.39. The fourth-order valence-electron chi connectivity index (χ4n) is 3.37. The second kappa shape index (κ2) is 6.90. The van der Waals surface area contributed by atoms with Crippen molar-refractivity contribution in [1.29, 1.82) is 0 Å². The molecule has 0 saturated carbocycles. The number of piperidine rings is 1. The molecule has 1 unspecified atom stereocenters. The number of nitrogens with two attached hydrogens (primary N) is 1. The average molecular weight is 392 g/mol. The Bertz CT molecular complexity index is 956. The summed E-state index contributed by atoms with van der Waals surface area (Å²) in [5.74, 6) is 1.71. The number of imidazole rings is 1. The van der Waals surface area contributed by atoms with Crippen LogP contribution in [0.25, 0.3) is 16.9 Å². The third-order valence-electron chi connectivity index (χ3n) is 4.58. The number of hydrogen-bond donors (Lipinski definition) is 2. The molecule has 1 aliphatic rings. The van der Waals surface area contributed by atoms with Crippen LogP contribution in [0.5, 0.6) is 0 Å². The number of fused-ring (bicyclic) bond motifs is 1. The maximum Gasteiger partial charge on any atom is 0.207 e. The maximum absolute atomic E-state index is 6.17. The highest BCUT2D eigenvalue weighted by Crippen LogP contribution is 2.30. The van der Waals surface area contributed by atoms with E-state index in [2.05, 4.69) is 32.2 Å². The van der Waals surface area contributed by atoms with Crippen LogP contribution in [0.3, 0.4) is 0 Å². The van der Waals surface area contributed by atoms with E-state index in [1.54, 1.807) is 16.7 Å². The fourth-order valence-corrected chi connectivity index (χ4v) is 3.69. The van der Waals surface area contributed by atoms with Crippen LogP contribution in [0.4, 0.5) is 11.8 Å². The summed E-state index contributed by atoms with van der Waals surface area (Å²) in [6, 6.07) is 5.67. The van der Waals surface area contributed by atoms with E-state index < -0.39 is 0 Å². The van der Waals surface area contributed by atoms with E-state index in [0.29, 0.717) is 33.4 Å². The minimum atomic E-state index is 0.320. The Labute approximate surface area is 161 Å². The Morgan fingerprint density at radius 1 is 1.19 bits per heavy atom. The summed E-state index contributed by atoms with van der Waals surface area (Å²) in [5, 5.41) is 4.37. The van der Waals surface area contributed by atoms with Crippen molar-refractivity contribution in [2.45, 2.75) is 18.9 Å². The van der Waals surface area contributed by atoms with Gasteiger partial charge in [0, 0.05) is 18.7 Å². The number of likely N-dealkylation sites (tertiary alicyclic amines) is 1. The van der Waals surface area contributed by atoms with Gasteiger partial charge in [0.25, 0.3) is 0 Å². The molecule has 1 aliphatic heterocycles. The lowest BCUT2D eigenvalue weighted by molar-refractivity contribution is 0.260. The van der Waals surface area contributed by atoms with Crippen molar-refractivity contribution in [3.8, 4) is 5.82 Å². The highest BCUT2D eigenvalue weighted by molar-refractivity contribution is 6.42. The van der Waals surface area contributed by atoms with E-state index in [9.17, 15) is 0 Å². The smallest absolute Gasteiger partial charge is 0.207 e. The van der Waals surface area contributed by atoms with Gasteiger partial charge in [-0.1, -0.05) is 23.2 Å². The van der Waals surface area contributed by atoms with Gasteiger partial charge in [0.05, 0.1) is 21.1 Å². The third-order valence-corrected chi connectivity index (χ3v) is 5.30. The van der Waals surface area contributed by atoms with E-state index in [4.69, 9.17) is 28.9 Å². The number of likely N-dealkylation sites (N-methyl/N-ethyl adjacent to an activating group) is 1. The Morgan fingerprint density at radius 2 is 2.00 bits per heavy atom. The largest absolute Gasteiger partial charge is 0.369 e. The molecule has 1 saturated heterocycles. The molecule has 3 N–H and O–H groups in total. The monoisotopic (exact) mass is 391 g/mol. The van der Waals surface area contributed by atoms with Gasteiger partial charge < -0.3 is 16.0 Å². The lowest BCUT2D eigenvalue weighted by atomic mass is 10.1. The number of nitrogens with one attached hydrogen (secondary N) is 1. The normalized spacial score (nSPS) is 18.3. The second-order valence-electron chi connectivity index (χ2n) is 6.57. The first-order chi connectivity index (χ1) is 12.5. The van der Waals surface area contributed by atoms with Crippen LogP contribution in [0, 0.1) is 0 Å². The molecule has 1 fully saturated rings. The van der Waals surface area contributed by atoms with E-state index in [0.717, 1.165) is 30.8 Å². The third kappa shape index (κ3) is 3.30. The predicted molar refractivity (Wildman–Crippen MR) is 105 cm³/mol. The molecule has 26 heavy (non-hydrogen) atoms. The minimum absolute atomic E-state index is 0.320. The molecule has 9 heteroatoms. The molecule has 3 heterocycles. The number of nitrogen functional groups attached to an aromatic ring is 1. The summed E-state index contributed by atoms with van der Waals surface area (Å²) in [4.78, 5) is 15.4. The maximum atomic E-state index is 6.17. The second-order valence-corrected chi connectivity index (χ2v) is 7.38. The molecule has 2 aromatic heterocycles. The molecular weight excluding hydrogens is 373 g/mol. The van der Waals surface area contributed by atoms with Gasteiger partial charge in [0.1, 0.15) is 18.0 Å². The number of anilines is 2. The van der Waals surface area contributed by atoms with Crippen molar-refractivity contribution in [3.05, 3.63) is 34.6 Å². The first-order valence-corrected chi connectivity index (χ1v) is 9.17. The van der Waals surface area contributed by atoms with Crippen LogP contribution < -0.4 is 11.1 Å². The Kier molecular flexibility index (Phi) is 4.60. The number of nitrogens with zero attached hydrogens (tertiary/aromatic N) is 5. The topological polar surface area (TPSA) is 84.9 Å². The summed E-state index contributed by atoms with van der Waals surface area (Å²) in [6.45, 7) is 2.12. The quantitative estimate of drug-likeness (QED) is 0.712. The fraction of sp³-hybridized carbons (Fsp3) is 0.353. The summed E-state index contributed by atoms with van der Waals surface area (Å²) in [6.07, 6.45) is 3.81. The number of aromatic nitrogens is 4. The Balaban J connectivity index is 1.69. The van der Waals surface area contributed by atoms with Crippen LogP contribution in [0.1, 0.15) is 12.8 Å².